The van der Waals surface area contributed by atoms with Gasteiger partial charge in [-0.2, -0.15) is 13.2 Å². The Morgan fingerprint density at radius 3 is 2.05 bits per heavy atom. The average molecular weight is 657 g/mol. The number of anilines is 1. The number of halogens is 7. The van der Waals surface area contributed by atoms with Crippen molar-refractivity contribution in [1.29, 1.82) is 0 Å². The van der Waals surface area contributed by atoms with Gasteiger partial charge in [-0.05, 0) is 84.3 Å². The molecule has 0 radical (unpaired) electrons. The van der Waals surface area contributed by atoms with E-state index in [2.05, 4.69) is 0 Å². The minimum Gasteiger partial charge on any atom is -0.465 e. The van der Waals surface area contributed by atoms with Crippen molar-refractivity contribution in [3.05, 3.63) is 130 Å². The van der Waals surface area contributed by atoms with Crippen molar-refractivity contribution >= 4 is 33.4 Å². The minimum atomic E-state index is -4.64. The van der Waals surface area contributed by atoms with Crippen LogP contribution >= 0.6 is 11.6 Å². The molecule has 44 heavy (non-hydrogen) atoms. The number of carboxylic acid groups (broad SMARTS) is 1. The maximum Gasteiger partial charge on any atom is 0.416 e. The zero-order chi connectivity index (χ0) is 32.4. The maximum atomic E-state index is 15.1. The van der Waals surface area contributed by atoms with Crippen LogP contribution in [0.3, 0.4) is 0 Å². The van der Waals surface area contributed by atoms with Crippen molar-refractivity contribution in [3.8, 4) is 0 Å². The predicted octanol–water partition coefficient (Wildman–Crippen LogP) is 8.41. The van der Waals surface area contributed by atoms with Gasteiger partial charge in [0.25, 0.3) is 10.0 Å². The van der Waals surface area contributed by atoms with Crippen molar-refractivity contribution in [3.63, 3.8) is 0 Å². The van der Waals surface area contributed by atoms with Gasteiger partial charge in [0.15, 0.2) is 0 Å². The molecule has 4 aromatic rings. The molecule has 1 atom stereocenters. The van der Waals surface area contributed by atoms with E-state index in [0.29, 0.717) is 10.4 Å². The second-order valence-corrected chi connectivity index (χ2v) is 12.0. The largest absolute Gasteiger partial charge is 0.465 e. The van der Waals surface area contributed by atoms with Gasteiger partial charge in [-0.25, -0.2) is 26.4 Å². The molecule has 232 valence electrons. The molecule has 0 aliphatic carbocycles. The van der Waals surface area contributed by atoms with Gasteiger partial charge < -0.3 is 5.11 Å². The Morgan fingerprint density at radius 2 is 1.45 bits per heavy atom. The van der Waals surface area contributed by atoms with Gasteiger partial charge in [0.05, 0.1) is 22.2 Å². The summed E-state index contributed by atoms with van der Waals surface area (Å²) in [7, 11) is -4.64. The van der Waals surface area contributed by atoms with E-state index in [-0.39, 0.29) is 26.6 Å². The summed E-state index contributed by atoms with van der Waals surface area (Å²) >= 11 is 5.90. The quantitative estimate of drug-likeness (QED) is 0.184. The van der Waals surface area contributed by atoms with E-state index < -0.39 is 70.1 Å². The Kier molecular flexibility index (Phi) is 9.50. The lowest BCUT2D eigenvalue weighted by Crippen LogP contribution is -2.36. The first-order valence-corrected chi connectivity index (χ1v) is 14.6. The summed E-state index contributed by atoms with van der Waals surface area (Å²) in [6, 6.07) is 12.7. The van der Waals surface area contributed by atoms with Crippen molar-refractivity contribution in [2.24, 2.45) is 0 Å². The second-order valence-electron chi connectivity index (χ2n) is 9.70. The summed E-state index contributed by atoms with van der Waals surface area (Å²) in [5.41, 5.74) is -1.38. The molecule has 0 saturated heterocycles. The lowest BCUT2D eigenvalue weighted by atomic mass is 10.00. The third-order valence-electron chi connectivity index (χ3n) is 6.71. The lowest BCUT2D eigenvalue weighted by molar-refractivity contribution is -0.137. The fourth-order valence-electron chi connectivity index (χ4n) is 4.58. The van der Waals surface area contributed by atoms with Gasteiger partial charge in [0, 0.05) is 24.2 Å². The van der Waals surface area contributed by atoms with Crippen LogP contribution in [0.5, 0.6) is 0 Å². The Hall–Kier alpha value is -4.23. The first-order valence-electron chi connectivity index (χ1n) is 12.8. The highest BCUT2D eigenvalue weighted by molar-refractivity contribution is 7.92. The van der Waals surface area contributed by atoms with E-state index in [9.17, 15) is 40.3 Å². The third kappa shape index (κ3) is 7.28. The molecule has 6 nitrogen and oxygen atoms in total. The van der Waals surface area contributed by atoms with Crippen LogP contribution < -0.4 is 4.31 Å². The monoisotopic (exact) mass is 656 g/mol. The molecule has 1 amide bonds. The molecule has 1 N–H and O–H groups in total. The molecule has 14 heteroatoms. The van der Waals surface area contributed by atoms with Crippen LogP contribution in [-0.4, -0.2) is 24.5 Å². The van der Waals surface area contributed by atoms with Crippen LogP contribution in [0.15, 0.2) is 89.8 Å². The van der Waals surface area contributed by atoms with Crippen molar-refractivity contribution in [2.45, 2.75) is 37.1 Å². The first-order chi connectivity index (χ1) is 20.6. The van der Waals surface area contributed by atoms with E-state index in [0.717, 1.165) is 65.6 Å². The molecule has 0 fully saturated rings. The molecule has 0 aliphatic heterocycles. The molecule has 4 rings (SSSR count). The molecule has 0 unspecified atom stereocenters. The van der Waals surface area contributed by atoms with E-state index in [4.69, 9.17) is 11.6 Å². The van der Waals surface area contributed by atoms with Crippen LogP contribution in [0, 0.1) is 17.5 Å². The zero-order valence-electron chi connectivity index (χ0n) is 22.7. The number of nitrogens with zero attached hydrogens (tertiary/aromatic N) is 2. The summed E-state index contributed by atoms with van der Waals surface area (Å²) in [5.74, 6) is -2.84. The van der Waals surface area contributed by atoms with Gasteiger partial charge in [-0.3, -0.25) is 9.21 Å². The van der Waals surface area contributed by atoms with Crippen LogP contribution in [0.1, 0.15) is 35.2 Å². The smallest absolute Gasteiger partial charge is 0.416 e. The zero-order valence-corrected chi connectivity index (χ0v) is 24.3. The van der Waals surface area contributed by atoms with E-state index in [1.54, 1.807) is 0 Å². The Labute approximate surface area is 253 Å². The Morgan fingerprint density at radius 1 is 0.864 bits per heavy atom. The molecule has 0 spiro atoms. The number of carbonyl (C=O) groups is 1. The summed E-state index contributed by atoms with van der Waals surface area (Å²) in [6.45, 7) is 0.396. The van der Waals surface area contributed by atoms with Crippen LogP contribution in [0.2, 0.25) is 5.02 Å². The SMILES string of the molecule is C[C@H](c1ccc(F)cc1CN(Cc1ccc(C(F)(F)F)cc1)C(=O)O)N(c1cc(F)ccc1F)S(=O)(=O)c1ccc(Cl)cc1. The number of hydrogen-bond acceptors (Lipinski definition) is 3. The molecular weight excluding hydrogens is 634 g/mol. The van der Waals surface area contributed by atoms with Crippen molar-refractivity contribution < 1.29 is 44.7 Å². The standard InChI is InChI=1S/C30H23ClF6N2O4S/c1-18(39(28-15-24(33)9-13-27(28)34)44(42,43)25-10-6-22(31)7-11-25)26-12-8-23(32)14-20(26)17-38(29(40)41)16-19-2-4-21(5-3-19)30(35,36)37/h2-15,18H,16-17H2,1H3,(H,40,41)/t18-/m1/s1. The highest BCUT2D eigenvalue weighted by Gasteiger charge is 2.34. The molecule has 0 bridgehead atoms. The molecule has 0 aliphatic rings. The summed E-state index contributed by atoms with van der Waals surface area (Å²) in [5, 5.41) is 10.1. The summed E-state index contributed by atoms with van der Waals surface area (Å²) in [4.78, 5) is 12.6. The van der Waals surface area contributed by atoms with Crippen molar-refractivity contribution in [2.75, 3.05) is 4.31 Å². The average Bonchev–Trinajstić information content (AvgIpc) is 2.94. The van der Waals surface area contributed by atoms with E-state index in [1.165, 1.54) is 25.1 Å². The topological polar surface area (TPSA) is 77.9 Å². The minimum absolute atomic E-state index is 0.0278. The van der Waals surface area contributed by atoms with Gasteiger partial charge >= 0.3 is 12.3 Å². The summed E-state index contributed by atoms with van der Waals surface area (Å²) in [6.07, 6.45) is -6.11. The van der Waals surface area contributed by atoms with Gasteiger partial charge in [-0.15, -0.1) is 0 Å². The molecule has 0 aromatic heterocycles. The second kappa shape index (κ2) is 12.8. The van der Waals surface area contributed by atoms with E-state index in [1.807, 2.05) is 0 Å². The fourth-order valence-corrected chi connectivity index (χ4v) is 6.34. The Bertz CT molecular complexity index is 1770. The number of sulfonamides is 1. The van der Waals surface area contributed by atoms with Gasteiger partial charge in [0.2, 0.25) is 0 Å². The molecular formula is C30H23ClF6N2O4S. The van der Waals surface area contributed by atoms with Crippen LogP contribution in [0.4, 0.5) is 36.8 Å². The van der Waals surface area contributed by atoms with Gasteiger partial charge in [-0.1, -0.05) is 29.8 Å². The normalized spacial score (nSPS) is 12.5. The number of rotatable bonds is 9. The van der Waals surface area contributed by atoms with E-state index >= 15 is 4.39 Å². The molecule has 0 saturated carbocycles. The van der Waals surface area contributed by atoms with Gasteiger partial charge in [0.1, 0.15) is 17.5 Å². The third-order valence-corrected chi connectivity index (χ3v) is 8.86. The number of amides is 1. The highest BCUT2D eigenvalue weighted by Crippen LogP contribution is 2.37. The fraction of sp³-hybridized carbons (Fsp3) is 0.167. The molecule has 0 heterocycles. The number of hydrogen-bond donors (Lipinski definition) is 1. The molecule has 4 aromatic carbocycles. The number of benzene rings is 4. The maximum absolute atomic E-state index is 15.1. The lowest BCUT2D eigenvalue weighted by Gasteiger charge is -2.33. The summed E-state index contributed by atoms with van der Waals surface area (Å²) < 4.78 is 111. The first kappa shape index (κ1) is 32.7. The number of alkyl halides is 3. The highest BCUT2D eigenvalue weighted by atomic mass is 35.5. The Balaban J connectivity index is 1.78. The van der Waals surface area contributed by atoms with Crippen molar-refractivity contribution in [1.82, 2.24) is 4.90 Å². The van der Waals surface area contributed by atoms with Crippen LogP contribution in [-0.2, 0) is 29.3 Å². The van der Waals surface area contributed by atoms with Crippen LogP contribution in [0.25, 0.3) is 0 Å². The predicted molar refractivity (Wildman–Crippen MR) is 151 cm³/mol.